The first-order valence-electron chi connectivity index (χ1n) is 8.53. The molecule has 2 aromatic carbocycles. The normalized spacial score (nSPS) is 10.7. The van der Waals surface area contributed by atoms with Crippen LogP contribution in [-0.2, 0) is 0 Å². The summed E-state index contributed by atoms with van der Waals surface area (Å²) in [6.45, 7) is 0. The number of hydrogen-bond acceptors (Lipinski definition) is 9. The highest BCUT2D eigenvalue weighted by molar-refractivity contribution is 7.20. The highest BCUT2D eigenvalue weighted by Gasteiger charge is 2.17. The highest BCUT2D eigenvalue weighted by Crippen LogP contribution is 2.31. The van der Waals surface area contributed by atoms with Gasteiger partial charge in [0.05, 0.1) is 24.0 Å². The molecule has 0 aliphatic heterocycles. The summed E-state index contributed by atoms with van der Waals surface area (Å²) < 4.78 is 16.7. The number of nitrogens with zero attached hydrogens (tertiary/aromatic N) is 3. The van der Waals surface area contributed by atoms with Crippen LogP contribution in [0.3, 0.4) is 0 Å². The molecule has 152 valence electrons. The number of benzene rings is 2. The van der Waals surface area contributed by atoms with Crippen molar-refractivity contribution in [3.63, 3.8) is 0 Å². The molecule has 4 aromatic rings. The largest absolute Gasteiger partial charge is 0.497 e. The maximum atomic E-state index is 12.5. The van der Waals surface area contributed by atoms with Gasteiger partial charge in [-0.25, -0.2) is 0 Å². The molecule has 0 aliphatic carbocycles. The molecule has 30 heavy (non-hydrogen) atoms. The van der Waals surface area contributed by atoms with Gasteiger partial charge >= 0.3 is 6.01 Å². The third kappa shape index (κ3) is 3.78. The maximum Gasteiger partial charge on any atom is 0.322 e. The Morgan fingerprint density at radius 1 is 1.10 bits per heavy atom. The van der Waals surface area contributed by atoms with Crippen LogP contribution in [0.5, 0.6) is 11.5 Å². The molecule has 0 bridgehead atoms. The van der Waals surface area contributed by atoms with Gasteiger partial charge in [-0.2, -0.15) is 0 Å². The number of nitrogens with one attached hydrogen (secondary N) is 1. The number of hydrogen-bond donors (Lipinski definition) is 1. The summed E-state index contributed by atoms with van der Waals surface area (Å²) in [7, 11) is 3.05. The monoisotopic (exact) mass is 426 g/mol. The summed E-state index contributed by atoms with van der Waals surface area (Å²) in [4.78, 5) is 23.3. The minimum absolute atomic E-state index is 0.0393. The van der Waals surface area contributed by atoms with Crippen LogP contribution in [-0.4, -0.2) is 35.2 Å². The second-order valence-electron chi connectivity index (χ2n) is 6.06. The lowest BCUT2D eigenvalue weighted by molar-refractivity contribution is -0.384. The van der Waals surface area contributed by atoms with Crippen molar-refractivity contribution in [2.75, 3.05) is 19.5 Å². The molecular formula is C19H14N4O6S. The molecule has 0 radical (unpaired) electrons. The average molecular weight is 426 g/mol. The van der Waals surface area contributed by atoms with E-state index in [0.29, 0.717) is 27.3 Å². The molecule has 4 rings (SSSR count). The molecule has 0 spiro atoms. The number of nitro benzene ring substituents is 1. The molecule has 0 atom stereocenters. The summed E-state index contributed by atoms with van der Waals surface area (Å²) >= 11 is 1.20. The van der Waals surface area contributed by atoms with Gasteiger partial charge in [-0.15, -0.1) is 16.4 Å². The first-order chi connectivity index (χ1) is 14.5. The van der Waals surface area contributed by atoms with E-state index in [1.165, 1.54) is 37.7 Å². The Bertz CT molecular complexity index is 1240. The minimum atomic E-state index is -0.482. The van der Waals surface area contributed by atoms with Crippen LogP contribution >= 0.6 is 11.3 Å². The summed E-state index contributed by atoms with van der Waals surface area (Å²) in [6.07, 6.45) is 0. The number of carbonyl (C=O) groups excluding carboxylic acids is 1. The third-order valence-corrected chi connectivity index (χ3v) is 5.29. The van der Waals surface area contributed by atoms with E-state index in [1.54, 1.807) is 30.3 Å². The lowest BCUT2D eigenvalue weighted by Gasteiger charge is -2.05. The van der Waals surface area contributed by atoms with Crippen LogP contribution in [0.4, 0.5) is 11.7 Å². The van der Waals surface area contributed by atoms with E-state index in [-0.39, 0.29) is 17.6 Å². The Kier molecular flexibility index (Phi) is 5.02. The van der Waals surface area contributed by atoms with Crippen molar-refractivity contribution in [3.05, 3.63) is 57.5 Å². The molecule has 2 aromatic heterocycles. The van der Waals surface area contributed by atoms with E-state index in [9.17, 15) is 14.9 Å². The molecule has 2 heterocycles. The van der Waals surface area contributed by atoms with Crippen molar-refractivity contribution < 1.29 is 23.6 Å². The van der Waals surface area contributed by atoms with Crippen LogP contribution in [0.25, 0.3) is 21.5 Å². The van der Waals surface area contributed by atoms with Crippen molar-refractivity contribution in [1.29, 1.82) is 0 Å². The van der Waals surface area contributed by atoms with Crippen molar-refractivity contribution in [1.82, 2.24) is 10.2 Å². The topological polar surface area (TPSA) is 130 Å². The number of ether oxygens (including phenoxy) is 2. The number of aromatic nitrogens is 2. The van der Waals surface area contributed by atoms with Crippen molar-refractivity contribution in [2.24, 2.45) is 0 Å². The highest BCUT2D eigenvalue weighted by atomic mass is 32.1. The molecule has 0 fully saturated rings. The number of methoxy groups -OCH3 is 2. The van der Waals surface area contributed by atoms with Crippen LogP contribution in [0.2, 0.25) is 0 Å². The Balaban J connectivity index is 1.56. The van der Waals surface area contributed by atoms with Crippen molar-refractivity contribution >= 4 is 39.0 Å². The fraction of sp³-hybridized carbons (Fsp3) is 0.105. The van der Waals surface area contributed by atoms with Gasteiger partial charge in [0.2, 0.25) is 5.89 Å². The van der Waals surface area contributed by atoms with Crippen molar-refractivity contribution in [3.8, 4) is 23.0 Å². The van der Waals surface area contributed by atoms with Gasteiger partial charge in [-0.1, -0.05) is 5.10 Å². The Hall–Kier alpha value is -3.99. The van der Waals surface area contributed by atoms with Crippen LogP contribution in [0.15, 0.2) is 46.9 Å². The van der Waals surface area contributed by atoms with E-state index >= 15 is 0 Å². The SMILES string of the molecule is COc1cc(OC)cc(-c2nnc(NC(=O)c3cc4cc([N+](=O)[O-])ccc4s3)o2)c1. The number of anilines is 1. The minimum Gasteiger partial charge on any atom is -0.497 e. The summed E-state index contributed by atoms with van der Waals surface area (Å²) in [5, 5.41) is 21.8. The van der Waals surface area contributed by atoms with Crippen LogP contribution < -0.4 is 14.8 Å². The fourth-order valence-electron chi connectivity index (χ4n) is 2.74. The third-order valence-electron chi connectivity index (χ3n) is 4.18. The number of rotatable bonds is 6. The molecule has 11 heteroatoms. The van der Waals surface area contributed by atoms with Gasteiger partial charge in [0.15, 0.2) is 0 Å². The second-order valence-corrected chi connectivity index (χ2v) is 7.14. The standard InChI is InChI=1S/C19H14N4O6S/c1-27-13-6-11(7-14(9-13)28-2)18-21-22-19(29-18)20-17(24)16-8-10-5-12(23(25)26)3-4-15(10)30-16/h3-9H,1-2H3,(H,20,22,24). The van der Waals surface area contributed by atoms with Gasteiger partial charge in [-0.05, 0) is 24.3 Å². The van der Waals surface area contributed by atoms with Gasteiger partial charge in [0.25, 0.3) is 11.6 Å². The number of carbonyl (C=O) groups is 1. The predicted octanol–water partition coefficient (Wildman–Crippen LogP) is 4.13. The number of non-ortho nitro benzene ring substituents is 1. The van der Waals surface area contributed by atoms with Crippen molar-refractivity contribution in [2.45, 2.75) is 0 Å². The van der Waals surface area contributed by atoms with E-state index in [0.717, 1.165) is 4.70 Å². The van der Waals surface area contributed by atoms with Crippen LogP contribution in [0.1, 0.15) is 9.67 Å². The fourth-order valence-corrected chi connectivity index (χ4v) is 3.67. The first-order valence-corrected chi connectivity index (χ1v) is 9.35. The number of amides is 1. The molecule has 0 unspecified atom stereocenters. The zero-order chi connectivity index (χ0) is 21.3. The smallest absolute Gasteiger partial charge is 0.322 e. The number of nitro groups is 1. The number of thiophene rings is 1. The van der Waals surface area contributed by atoms with Gasteiger partial charge in [0, 0.05) is 33.8 Å². The Labute approximate surface area is 173 Å². The zero-order valence-corrected chi connectivity index (χ0v) is 16.6. The van der Waals surface area contributed by atoms with E-state index < -0.39 is 10.8 Å². The van der Waals surface area contributed by atoms with E-state index in [2.05, 4.69) is 15.5 Å². The van der Waals surface area contributed by atoms with Crippen LogP contribution in [0, 0.1) is 10.1 Å². The molecule has 1 amide bonds. The van der Waals surface area contributed by atoms with E-state index in [4.69, 9.17) is 13.9 Å². The van der Waals surface area contributed by atoms with E-state index in [1.807, 2.05) is 0 Å². The molecule has 1 N–H and O–H groups in total. The molecule has 10 nitrogen and oxygen atoms in total. The Morgan fingerprint density at radius 2 is 1.83 bits per heavy atom. The zero-order valence-electron chi connectivity index (χ0n) is 15.7. The van der Waals surface area contributed by atoms with Gasteiger partial charge in [0.1, 0.15) is 11.5 Å². The number of fused-ring (bicyclic) bond motifs is 1. The molecule has 0 saturated carbocycles. The maximum absolute atomic E-state index is 12.5. The summed E-state index contributed by atoms with van der Waals surface area (Å²) in [5.41, 5.74) is 0.524. The average Bonchev–Trinajstić information content (AvgIpc) is 3.39. The summed E-state index contributed by atoms with van der Waals surface area (Å²) in [5.74, 6) is 0.812. The lowest BCUT2D eigenvalue weighted by Crippen LogP contribution is -2.10. The summed E-state index contributed by atoms with van der Waals surface area (Å²) in [6, 6.07) is 11.0. The van der Waals surface area contributed by atoms with Gasteiger partial charge in [-0.3, -0.25) is 20.2 Å². The lowest BCUT2D eigenvalue weighted by atomic mass is 10.2. The molecule has 0 saturated heterocycles. The molecular weight excluding hydrogens is 412 g/mol. The Morgan fingerprint density at radius 3 is 2.50 bits per heavy atom. The first kappa shape index (κ1) is 19.3. The molecule has 0 aliphatic rings. The second kappa shape index (κ2) is 7.79. The quantitative estimate of drug-likeness (QED) is 0.360. The van der Waals surface area contributed by atoms with Gasteiger partial charge < -0.3 is 13.9 Å². The predicted molar refractivity (Wildman–Crippen MR) is 109 cm³/mol.